The molecule has 0 bridgehead atoms. The second kappa shape index (κ2) is 8.78. The number of primary amides is 1. The minimum atomic E-state index is -0.807. The second-order valence-corrected chi connectivity index (χ2v) is 7.87. The second-order valence-electron chi connectivity index (χ2n) is 7.87. The summed E-state index contributed by atoms with van der Waals surface area (Å²) in [6, 6.07) is 17.7. The number of nitrogens with zero attached hydrogens (tertiary/aromatic N) is 4. The highest BCUT2D eigenvalue weighted by Gasteiger charge is 2.16. The van der Waals surface area contributed by atoms with Crippen molar-refractivity contribution in [3.63, 3.8) is 0 Å². The van der Waals surface area contributed by atoms with Gasteiger partial charge in [0.1, 0.15) is 23.7 Å². The third-order valence-electron chi connectivity index (χ3n) is 5.46. The lowest BCUT2D eigenvalue weighted by molar-refractivity contribution is -0.123. The number of halogens is 1. The van der Waals surface area contributed by atoms with Crippen LogP contribution in [0.4, 0.5) is 15.9 Å². The minimum Gasteiger partial charge on any atom is -0.480 e. The van der Waals surface area contributed by atoms with E-state index in [9.17, 15) is 9.18 Å². The van der Waals surface area contributed by atoms with Gasteiger partial charge in [-0.25, -0.2) is 14.4 Å². The van der Waals surface area contributed by atoms with Crippen LogP contribution >= 0.6 is 0 Å². The first-order chi connectivity index (χ1) is 16.5. The lowest BCUT2D eigenvalue weighted by atomic mass is 10.2. The minimum absolute atomic E-state index is 0.272. The topological polar surface area (TPSA) is 108 Å². The lowest BCUT2D eigenvalue weighted by Crippen LogP contribution is -2.30. The van der Waals surface area contributed by atoms with Gasteiger partial charge in [-0.3, -0.25) is 9.48 Å². The molecule has 0 saturated carbocycles. The summed E-state index contributed by atoms with van der Waals surface area (Å²) in [6.45, 7) is 2.05. The van der Waals surface area contributed by atoms with E-state index in [1.807, 2.05) is 35.0 Å². The van der Waals surface area contributed by atoms with Gasteiger partial charge in [-0.15, -0.1) is 0 Å². The molecule has 0 aliphatic heterocycles. The van der Waals surface area contributed by atoms with Crippen molar-refractivity contribution in [2.45, 2.75) is 19.6 Å². The summed E-state index contributed by atoms with van der Waals surface area (Å²) in [5, 5.41) is 9.33. The highest BCUT2D eigenvalue weighted by atomic mass is 19.1. The fraction of sp³-hybridized carbons (Fsp3) is 0.120. The SMILES string of the molecule is C[C@H](Oc1cccc2ncnc(Nc3ccc4c(cnn4Cc4cccc(F)c4)c3)c12)C(N)=O. The van der Waals surface area contributed by atoms with Crippen LogP contribution in [0.15, 0.2) is 73.2 Å². The fourth-order valence-corrected chi connectivity index (χ4v) is 3.76. The molecule has 5 rings (SSSR count). The Morgan fingerprint density at radius 2 is 2.00 bits per heavy atom. The fourth-order valence-electron chi connectivity index (χ4n) is 3.76. The van der Waals surface area contributed by atoms with E-state index in [1.54, 1.807) is 31.3 Å². The van der Waals surface area contributed by atoms with Gasteiger partial charge in [-0.1, -0.05) is 18.2 Å². The number of hydrogen-bond donors (Lipinski definition) is 2. The third-order valence-corrected chi connectivity index (χ3v) is 5.46. The quantitative estimate of drug-likeness (QED) is 0.381. The maximum Gasteiger partial charge on any atom is 0.258 e. The van der Waals surface area contributed by atoms with Crippen molar-refractivity contribution in [1.82, 2.24) is 19.7 Å². The Hall–Kier alpha value is -4.53. The first-order valence-corrected chi connectivity index (χ1v) is 10.6. The summed E-state index contributed by atoms with van der Waals surface area (Å²) < 4.78 is 21.1. The number of carbonyl (C=O) groups excluding carboxylic acids is 1. The van der Waals surface area contributed by atoms with Crippen molar-refractivity contribution >= 4 is 39.2 Å². The maximum absolute atomic E-state index is 13.5. The highest BCUT2D eigenvalue weighted by molar-refractivity contribution is 5.96. The summed E-state index contributed by atoms with van der Waals surface area (Å²) in [4.78, 5) is 20.2. The van der Waals surface area contributed by atoms with Crippen LogP contribution in [-0.4, -0.2) is 31.8 Å². The summed E-state index contributed by atoms with van der Waals surface area (Å²) in [5.74, 6) is 0.148. The number of nitrogens with one attached hydrogen (secondary N) is 1. The van der Waals surface area contributed by atoms with E-state index in [4.69, 9.17) is 10.5 Å². The molecule has 1 atom stereocenters. The Morgan fingerprint density at radius 1 is 1.15 bits per heavy atom. The summed E-state index contributed by atoms with van der Waals surface area (Å²) in [6.07, 6.45) is 2.42. The number of rotatable bonds is 7. The Labute approximate surface area is 194 Å². The van der Waals surface area contributed by atoms with Crippen molar-refractivity contribution in [3.8, 4) is 5.75 Å². The number of amides is 1. The molecule has 3 N–H and O–H groups in total. The zero-order chi connectivity index (χ0) is 23.7. The average Bonchev–Trinajstić information content (AvgIpc) is 3.21. The van der Waals surface area contributed by atoms with E-state index in [0.717, 1.165) is 22.2 Å². The molecule has 0 aliphatic carbocycles. The number of carbonyl (C=O) groups is 1. The van der Waals surface area contributed by atoms with Crippen LogP contribution in [0.5, 0.6) is 5.75 Å². The summed E-state index contributed by atoms with van der Waals surface area (Å²) in [7, 11) is 0. The molecule has 2 heterocycles. The van der Waals surface area contributed by atoms with Crippen LogP contribution in [0.2, 0.25) is 0 Å². The van der Waals surface area contributed by atoms with Gasteiger partial charge < -0.3 is 15.8 Å². The summed E-state index contributed by atoms with van der Waals surface area (Å²) in [5.41, 5.74) is 8.56. The van der Waals surface area contributed by atoms with Crippen LogP contribution in [0, 0.1) is 5.82 Å². The molecule has 9 heteroatoms. The predicted molar refractivity (Wildman–Crippen MR) is 127 cm³/mol. The average molecular weight is 456 g/mol. The smallest absolute Gasteiger partial charge is 0.258 e. The van der Waals surface area contributed by atoms with Crippen LogP contribution in [0.1, 0.15) is 12.5 Å². The van der Waals surface area contributed by atoms with Crippen molar-refractivity contribution in [2.24, 2.45) is 5.73 Å². The predicted octanol–water partition coefficient (Wildman–Crippen LogP) is 4.16. The van der Waals surface area contributed by atoms with Gasteiger partial charge in [-0.2, -0.15) is 5.10 Å². The van der Waals surface area contributed by atoms with Crippen LogP contribution in [0.25, 0.3) is 21.8 Å². The van der Waals surface area contributed by atoms with Gasteiger partial charge in [0.05, 0.1) is 29.2 Å². The standard InChI is InChI=1S/C25H21FN6O2/c1-15(24(27)33)34-22-7-3-6-20-23(22)25(29-14-28-20)31-19-8-9-21-17(11-19)12-30-32(21)13-16-4-2-5-18(26)10-16/h2-12,14-15H,13H2,1H3,(H2,27,33)(H,28,29,31)/t15-/m0/s1. The molecule has 0 radical (unpaired) electrons. The van der Waals surface area contributed by atoms with Crippen molar-refractivity contribution < 1.29 is 13.9 Å². The van der Waals surface area contributed by atoms with Crippen molar-refractivity contribution in [1.29, 1.82) is 0 Å². The van der Waals surface area contributed by atoms with Gasteiger partial charge in [0.15, 0.2) is 6.10 Å². The first-order valence-electron chi connectivity index (χ1n) is 10.6. The molecule has 0 unspecified atom stereocenters. The normalized spacial score (nSPS) is 12.1. The van der Waals surface area contributed by atoms with E-state index in [1.165, 1.54) is 18.5 Å². The Morgan fingerprint density at radius 3 is 2.82 bits per heavy atom. The molecule has 8 nitrogen and oxygen atoms in total. The number of anilines is 2. The number of hydrogen-bond acceptors (Lipinski definition) is 6. The molecular weight excluding hydrogens is 435 g/mol. The van der Waals surface area contributed by atoms with Crippen molar-refractivity contribution in [3.05, 3.63) is 84.6 Å². The Balaban J connectivity index is 1.46. The zero-order valence-electron chi connectivity index (χ0n) is 18.3. The van der Waals surface area contributed by atoms with Crippen LogP contribution in [0.3, 0.4) is 0 Å². The highest BCUT2D eigenvalue weighted by Crippen LogP contribution is 2.32. The van der Waals surface area contributed by atoms with Crippen LogP contribution in [-0.2, 0) is 11.3 Å². The molecular formula is C25H21FN6O2. The van der Waals surface area contributed by atoms with E-state index in [0.29, 0.717) is 29.0 Å². The van der Waals surface area contributed by atoms with Gasteiger partial charge in [-0.05, 0) is 55.0 Å². The van der Waals surface area contributed by atoms with Gasteiger partial charge in [0.25, 0.3) is 5.91 Å². The van der Waals surface area contributed by atoms with Gasteiger partial charge >= 0.3 is 0 Å². The molecule has 0 fully saturated rings. The van der Waals surface area contributed by atoms with Crippen LogP contribution < -0.4 is 15.8 Å². The van der Waals surface area contributed by atoms with E-state index in [2.05, 4.69) is 20.4 Å². The largest absolute Gasteiger partial charge is 0.480 e. The molecule has 0 saturated heterocycles. The van der Waals surface area contributed by atoms with E-state index in [-0.39, 0.29) is 5.82 Å². The van der Waals surface area contributed by atoms with Crippen molar-refractivity contribution in [2.75, 3.05) is 5.32 Å². The van der Waals surface area contributed by atoms with E-state index >= 15 is 0 Å². The Bertz CT molecular complexity index is 1510. The molecule has 5 aromatic rings. The molecule has 1 amide bonds. The number of aromatic nitrogens is 4. The third kappa shape index (κ3) is 4.23. The molecule has 34 heavy (non-hydrogen) atoms. The number of fused-ring (bicyclic) bond motifs is 2. The monoisotopic (exact) mass is 456 g/mol. The zero-order valence-corrected chi connectivity index (χ0v) is 18.3. The Kier molecular flexibility index (Phi) is 5.51. The number of nitrogens with two attached hydrogens (primary N) is 1. The number of benzene rings is 3. The molecule has 2 aromatic heterocycles. The molecule has 0 aliphatic rings. The molecule has 3 aromatic carbocycles. The van der Waals surface area contributed by atoms with E-state index < -0.39 is 12.0 Å². The first kappa shape index (κ1) is 21.3. The molecule has 170 valence electrons. The number of ether oxygens (including phenoxy) is 1. The summed E-state index contributed by atoms with van der Waals surface area (Å²) >= 11 is 0. The van der Waals surface area contributed by atoms with Gasteiger partial charge in [0.2, 0.25) is 0 Å². The molecule has 0 spiro atoms. The maximum atomic E-state index is 13.5. The van der Waals surface area contributed by atoms with Gasteiger partial charge in [0, 0.05) is 11.1 Å². The lowest BCUT2D eigenvalue weighted by Gasteiger charge is -2.15.